The van der Waals surface area contributed by atoms with Gasteiger partial charge in [0.15, 0.2) is 11.6 Å². The SMILES string of the molecule is CO[C@@H]1CC[C@H](Nc2nc(-c3nccn3C)nc3sc(C4CC4)c(-c4ccccc4)c23)C1. The summed E-state index contributed by atoms with van der Waals surface area (Å²) in [5.74, 6) is 3.03. The van der Waals surface area contributed by atoms with Gasteiger partial charge in [-0.2, -0.15) is 0 Å². The molecule has 0 spiro atoms. The van der Waals surface area contributed by atoms with E-state index in [0.717, 1.165) is 41.1 Å². The summed E-state index contributed by atoms with van der Waals surface area (Å²) in [4.78, 5) is 17.1. The minimum atomic E-state index is 0.317. The lowest BCUT2D eigenvalue weighted by Crippen LogP contribution is -2.18. The number of nitrogens with one attached hydrogen (secondary N) is 1. The highest BCUT2D eigenvalue weighted by Crippen LogP contribution is 2.52. The third kappa shape index (κ3) is 3.49. The summed E-state index contributed by atoms with van der Waals surface area (Å²) in [5, 5.41) is 4.95. The van der Waals surface area contributed by atoms with Crippen LogP contribution in [0.1, 0.15) is 42.9 Å². The standard InChI is InChI=1S/C25H27N5OS/c1-30-13-12-26-24(30)23-28-22(27-17-10-11-18(14-17)31-2)20-19(15-6-4-3-5-7-15)21(16-8-9-16)32-25(20)29-23/h3-7,12-13,16-18H,8-11,14H2,1-2H3,(H,27,28,29)/t17-,18+/m0/s1. The lowest BCUT2D eigenvalue weighted by atomic mass is 10.0. The molecule has 0 unspecified atom stereocenters. The molecule has 1 aromatic carbocycles. The van der Waals surface area contributed by atoms with Crippen LogP contribution < -0.4 is 5.32 Å². The molecule has 6 nitrogen and oxygen atoms in total. The first-order valence-corrected chi connectivity index (χ1v) is 12.2. The van der Waals surface area contributed by atoms with Crippen molar-refractivity contribution in [1.29, 1.82) is 0 Å². The van der Waals surface area contributed by atoms with E-state index in [9.17, 15) is 0 Å². The molecule has 0 radical (unpaired) electrons. The molecule has 6 rings (SSSR count). The summed E-state index contributed by atoms with van der Waals surface area (Å²) in [6, 6.07) is 11.1. The smallest absolute Gasteiger partial charge is 0.199 e. The molecule has 2 atom stereocenters. The van der Waals surface area contributed by atoms with Gasteiger partial charge in [-0.1, -0.05) is 30.3 Å². The van der Waals surface area contributed by atoms with Crippen LogP contribution in [0.2, 0.25) is 0 Å². The van der Waals surface area contributed by atoms with Crippen LogP contribution in [-0.4, -0.2) is 38.8 Å². The highest BCUT2D eigenvalue weighted by Gasteiger charge is 2.33. The molecule has 164 valence electrons. The molecule has 3 aromatic heterocycles. The molecular formula is C25H27N5OS. The number of rotatable bonds is 6. The zero-order valence-electron chi connectivity index (χ0n) is 18.4. The third-order valence-corrected chi connectivity index (χ3v) is 7.92. The molecule has 1 N–H and O–H groups in total. The van der Waals surface area contributed by atoms with Crippen LogP contribution in [0.15, 0.2) is 42.7 Å². The molecule has 0 aliphatic heterocycles. The van der Waals surface area contributed by atoms with Gasteiger partial charge in [0.25, 0.3) is 0 Å². The molecule has 0 saturated heterocycles. The molecule has 32 heavy (non-hydrogen) atoms. The Morgan fingerprint density at radius 2 is 1.94 bits per heavy atom. The van der Waals surface area contributed by atoms with Crippen molar-refractivity contribution in [1.82, 2.24) is 19.5 Å². The fourth-order valence-corrected chi connectivity index (χ4v) is 6.17. The van der Waals surface area contributed by atoms with Gasteiger partial charge in [0.1, 0.15) is 10.6 Å². The van der Waals surface area contributed by atoms with Crippen LogP contribution in [0, 0.1) is 0 Å². The van der Waals surface area contributed by atoms with E-state index < -0.39 is 0 Å². The van der Waals surface area contributed by atoms with Crippen molar-refractivity contribution >= 4 is 27.4 Å². The van der Waals surface area contributed by atoms with Gasteiger partial charge in [0, 0.05) is 43.0 Å². The number of thiophene rings is 1. The summed E-state index contributed by atoms with van der Waals surface area (Å²) < 4.78 is 7.60. The number of hydrogen-bond acceptors (Lipinski definition) is 6. The average Bonchev–Trinajstić information content (AvgIpc) is 3.22. The maximum Gasteiger partial charge on any atom is 0.199 e. The van der Waals surface area contributed by atoms with Crippen molar-refractivity contribution < 1.29 is 4.74 Å². The van der Waals surface area contributed by atoms with Gasteiger partial charge < -0.3 is 14.6 Å². The van der Waals surface area contributed by atoms with Crippen LogP contribution in [0.3, 0.4) is 0 Å². The van der Waals surface area contributed by atoms with E-state index in [0.29, 0.717) is 23.9 Å². The Kier molecular flexibility index (Phi) is 4.96. The highest BCUT2D eigenvalue weighted by molar-refractivity contribution is 7.19. The quantitative estimate of drug-likeness (QED) is 0.418. The van der Waals surface area contributed by atoms with Gasteiger partial charge in [0.2, 0.25) is 0 Å². The molecule has 2 aliphatic carbocycles. The van der Waals surface area contributed by atoms with Crippen LogP contribution in [0.25, 0.3) is 33.0 Å². The minimum absolute atomic E-state index is 0.317. The third-order valence-electron chi connectivity index (χ3n) is 6.67. The lowest BCUT2D eigenvalue weighted by molar-refractivity contribution is 0.108. The number of ether oxygens (including phenoxy) is 1. The largest absolute Gasteiger partial charge is 0.381 e. The highest BCUT2D eigenvalue weighted by atomic mass is 32.1. The second-order valence-electron chi connectivity index (χ2n) is 8.93. The molecule has 0 amide bonds. The van der Waals surface area contributed by atoms with Crippen LogP contribution >= 0.6 is 11.3 Å². The molecule has 3 heterocycles. The number of aromatic nitrogens is 4. The van der Waals surface area contributed by atoms with Gasteiger partial charge in [-0.25, -0.2) is 15.0 Å². The molecule has 2 saturated carbocycles. The molecular weight excluding hydrogens is 418 g/mol. The molecule has 2 aliphatic rings. The van der Waals surface area contributed by atoms with Gasteiger partial charge >= 0.3 is 0 Å². The number of aryl methyl sites for hydroxylation is 1. The van der Waals surface area contributed by atoms with Crippen molar-refractivity contribution in [2.75, 3.05) is 12.4 Å². The maximum atomic E-state index is 5.62. The number of nitrogens with zero attached hydrogens (tertiary/aromatic N) is 4. The van der Waals surface area contributed by atoms with Crippen molar-refractivity contribution in [3.8, 4) is 22.8 Å². The summed E-state index contributed by atoms with van der Waals surface area (Å²) in [6.45, 7) is 0. The summed E-state index contributed by atoms with van der Waals surface area (Å²) in [7, 11) is 3.80. The van der Waals surface area contributed by atoms with Crippen molar-refractivity contribution in [2.45, 2.75) is 50.2 Å². The predicted molar refractivity (Wildman–Crippen MR) is 129 cm³/mol. The Bertz CT molecular complexity index is 1260. The topological polar surface area (TPSA) is 64.9 Å². The minimum Gasteiger partial charge on any atom is -0.381 e. The Morgan fingerprint density at radius 1 is 1.09 bits per heavy atom. The fraction of sp³-hybridized carbons (Fsp3) is 0.400. The maximum absolute atomic E-state index is 5.62. The predicted octanol–water partition coefficient (Wildman–Crippen LogP) is 5.62. The number of benzene rings is 1. The Morgan fingerprint density at radius 3 is 2.62 bits per heavy atom. The number of anilines is 1. The van der Waals surface area contributed by atoms with Crippen LogP contribution in [-0.2, 0) is 11.8 Å². The van der Waals surface area contributed by atoms with Gasteiger partial charge in [-0.3, -0.25) is 0 Å². The summed E-state index contributed by atoms with van der Waals surface area (Å²) in [6.07, 6.45) is 9.74. The lowest BCUT2D eigenvalue weighted by Gasteiger charge is -2.16. The second kappa shape index (κ2) is 7.98. The van der Waals surface area contributed by atoms with E-state index in [2.05, 4.69) is 40.6 Å². The second-order valence-corrected chi connectivity index (χ2v) is 9.96. The molecule has 0 bridgehead atoms. The van der Waals surface area contributed by atoms with Gasteiger partial charge in [-0.15, -0.1) is 11.3 Å². The molecule has 7 heteroatoms. The Labute approximate surface area is 191 Å². The zero-order chi connectivity index (χ0) is 21.7. The number of hydrogen-bond donors (Lipinski definition) is 1. The Hall–Kier alpha value is -2.77. The Balaban J connectivity index is 1.55. The molecule has 2 fully saturated rings. The first kappa shape index (κ1) is 19.9. The van der Waals surface area contributed by atoms with Crippen LogP contribution in [0.5, 0.6) is 0 Å². The number of imidazole rings is 1. The van der Waals surface area contributed by atoms with E-state index in [-0.39, 0.29) is 0 Å². The normalized spacial score (nSPS) is 20.8. The van der Waals surface area contributed by atoms with Crippen molar-refractivity contribution in [2.24, 2.45) is 7.05 Å². The van der Waals surface area contributed by atoms with Crippen molar-refractivity contribution in [3.05, 3.63) is 47.6 Å². The number of fused-ring (bicyclic) bond motifs is 1. The van der Waals surface area contributed by atoms with Crippen LogP contribution in [0.4, 0.5) is 5.82 Å². The average molecular weight is 446 g/mol. The van der Waals surface area contributed by atoms with E-state index >= 15 is 0 Å². The summed E-state index contributed by atoms with van der Waals surface area (Å²) in [5.41, 5.74) is 2.56. The van der Waals surface area contributed by atoms with E-state index in [1.54, 1.807) is 6.20 Å². The van der Waals surface area contributed by atoms with E-state index in [1.807, 2.05) is 36.3 Å². The zero-order valence-corrected chi connectivity index (χ0v) is 19.2. The van der Waals surface area contributed by atoms with E-state index in [1.165, 1.54) is 28.8 Å². The van der Waals surface area contributed by atoms with E-state index in [4.69, 9.17) is 14.7 Å². The van der Waals surface area contributed by atoms with Gasteiger partial charge in [0.05, 0.1) is 11.5 Å². The van der Waals surface area contributed by atoms with Gasteiger partial charge in [-0.05, 0) is 43.6 Å². The summed E-state index contributed by atoms with van der Waals surface area (Å²) >= 11 is 1.83. The first-order chi connectivity index (χ1) is 15.7. The first-order valence-electron chi connectivity index (χ1n) is 11.4. The number of methoxy groups -OCH3 is 1. The van der Waals surface area contributed by atoms with Crippen molar-refractivity contribution in [3.63, 3.8) is 0 Å². The molecule has 4 aromatic rings. The monoisotopic (exact) mass is 445 g/mol. The fourth-order valence-electron chi connectivity index (χ4n) is 4.81.